The first-order valence-corrected chi connectivity index (χ1v) is 14.8. The van der Waals surface area contributed by atoms with E-state index in [1.807, 2.05) is 12.1 Å². The van der Waals surface area contributed by atoms with E-state index in [4.69, 9.17) is 0 Å². The molecule has 8 heteroatoms. The van der Waals surface area contributed by atoms with Crippen LogP contribution in [0.15, 0.2) is 29.1 Å². The van der Waals surface area contributed by atoms with Crippen LogP contribution in [0, 0.1) is 23.7 Å². The van der Waals surface area contributed by atoms with Crippen molar-refractivity contribution < 1.29 is 14.4 Å². The maximum absolute atomic E-state index is 13.4. The van der Waals surface area contributed by atoms with Crippen LogP contribution in [0.25, 0.3) is 11.0 Å². The average molecular weight is 484 g/mol. The van der Waals surface area contributed by atoms with Crippen molar-refractivity contribution in [1.82, 2.24) is 14.5 Å². The molecule has 3 heterocycles. The monoisotopic (exact) mass is 483 g/mol. The fraction of sp³-hybridized carbons (Fsp3) is 0.692. The highest BCUT2D eigenvalue weighted by Gasteiger charge is 2.53. The van der Waals surface area contributed by atoms with Gasteiger partial charge in [0.1, 0.15) is 0 Å². The van der Waals surface area contributed by atoms with Gasteiger partial charge >= 0.3 is 7.60 Å². The third-order valence-electron chi connectivity index (χ3n) is 10.1. The summed E-state index contributed by atoms with van der Waals surface area (Å²) in [6.45, 7) is 0. The maximum Gasteiger partial charge on any atom is 0.380 e. The summed E-state index contributed by atoms with van der Waals surface area (Å²) in [6.07, 6.45) is 12.4. The number of fused-ring (bicyclic) bond motifs is 4. The van der Waals surface area contributed by atoms with Crippen LogP contribution in [-0.2, 0) is 4.57 Å². The third kappa shape index (κ3) is 3.31. The lowest BCUT2D eigenvalue weighted by Crippen LogP contribution is -2.58. The molecular weight excluding hydrogens is 449 g/mol. The number of hydrogen-bond acceptors (Lipinski definition) is 4. The van der Waals surface area contributed by atoms with Crippen LogP contribution in [0.1, 0.15) is 70.3 Å². The van der Waals surface area contributed by atoms with Crippen LogP contribution in [0.4, 0.5) is 0 Å². The molecule has 182 valence electrons. The minimum absolute atomic E-state index is 0.0486. The molecule has 7 unspecified atom stereocenters. The zero-order valence-corrected chi connectivity index (χ0v) is 20.4. The smallest absolute Gasteiger partial charge is 0.320 e. The van der Waals surface area contributed by atoms with Crippen molar-refractivity contribution in [2.75, 3.05) is 0 Å². The molecule has 5 aliphatic rings. The number of piperidine rings is 2. The van der Waals surface area contributed by atoms with Crippen molar-refractivity contribution in [3.63, 3.8) is 0 Å². The lowest BCUT2D eigenvalue weighted by molar-refractivity contribution is -0.0437. The molecule has 2 aromatic rings. The minimum Gasteiger partial charge on any atom is -0.320 e. The second-order valence-electron chi connectivity index (χ2n) is 11.8. The van der Waals surface area contributed by atoms with Gasteiger partial charge in [-0.05, 0) is 93.6 Å². The molecule has 2 aliphatic heterocycles. The number of hydrogen-bond donors (Lipinski definition) is 2. The van der Waals surface area contributed by atoms with E-state index >= 15 is 0 Å². The molecule has 2 N–H and O–H groups in total. The van der Waals surface area contributed by atoms with Crippen LogP contribution in [-0.4, -0.2) is 42.4 Å². The van der Waals surface area contributed by atoms with Crippen molar-refractivity contribution in [3.05, 3.63) is 34.6 Å². The highest BCUT2D eigenvalue weighted by molar-refractivity contribution is 7.59. The van der Waals surface area contributed by atoms with E-state index in [0.29, 0.717) is 29.2 Å². The van der Waals surface area contributed by atoms with Gasteiger partial charge in [-0.25, -0.2) is 4.98 Å². The van der Waals surface area contributed by atoms with Gasteiger partial charge in [-0.15, -0.1) is 0 Å². The van der Waals surface area contributed by atoms with Crippen LogP contribution < -0.4 is 11.0 Å². The molecule has 0 amide bonds. The van der Waals surface area contributed by atoms with E-state index in [-0.39, 0.29) is 6.04 Å². The Kier molecular flexibility index (Phi) is 4.94. The van der Waals surface area contributed by atoms with Crippen LogP contribution in [0.2, 0.25) is 0 Å². The number of nitrogens with zero attached hydrogens (tertiary/aromatic N) is 3. The molecule has 3 saturated carbocycles. The van der Waals surface area contributed by atoms with Gasteiger partial charge in [-0.1, -0.05) is 18.6 Å². The Morgan fingerprint density at radius 2 is 1.59 bits per heavy atom. The standard InChI is InChI=1S/C26H34N3O4P/c30-26-25(34(31,32)33)27-23-6-1-2-7-24(23)29(26)21-13-18-4-3-5-19(14-21)28(18)20-9-15-8-16-11-17(12-20)22(16)10-15/h1-2,6-7,15-22H,3-5,8-14H2,(H2,31,32,33). The van der Waals surface area contributed by atoms with Crippen LogP contribution >= 0.6 is 7.60 Å². The lowest BCUT2D eigenvalue weighted by Gasteiger charge is -2.54. The van der Waals surface area contributed by atoms with Gasteiger partial charge in [-0.2, -0.15) is 0 Å². The zero-order chi connectivity index (χ0) is 23.2. The van der Waals surface area contributed by atoms with Gasteiger partial charge < -0.3 is 14.4 Å². The lowest BCUT2D eigenvalue weighted by atomic mass is 9.64. The highest BCUT2D eigenvalue weighted by atomic mass is 31.2. The summed E-state index contributed by atoms with van der Waals surface area (Å²) in [5.74, 6) is 3.86. The van der Waals surface area contributed by atoms with E-state index in [1.54, 1.807) is 16.7 Å². The van der Waals surface area contributed by atoms with Crippen molar-refractivity contribution in [2.24, 2.45) is 23.7 Å². The van der Waals surface area contributed by atoms with E-state index in [2.05, 4.69) is 9.88 Å². The first kappa shape index (κ1) is 21.7. The Bertz CT molecular complexity index is 1220. The van der Waals surface area contributed by atoms with Crippen molar-refractivity contribution in [1.29, 1.82) is 0 Å². The van der Waals surface area contributed by atoms with Crippen molar-refractivity contribution in [3.8, 4) is 0 Å². The van der Waals surface area contributed by atoms with Gasteiger partial charge in [0, 0.05) is 24.2 Å². The Morgan fingerprint density at radius 1 is 0.853 bits per heavy atom. The largest absolute Gasteiger partial charge is 0.380 e. The fourth-order valence-electron chi connectivity index (χ4n) is 8.92. The molecule has 7 rings (SSSR count). The van der Waals surface area contributed by atoms with Gasteiger partial charge in [0.05, 0.1) is 11.0 Å². The quantitative estimate of drug-likeness (QED) is 0.648. The van der Waals surface area contributed by atoms with Crippen LogP contribution in [0.3, 0.4) is 0 Å². The molecule has 34 heavy (non-hydrogen) atoms. The van der Waals surface area contributed by atoms with E-state index in [9.17, 15) is 19.1 Å². The fourth-order valence-corrected chi connectivity index (χ4v) is 9.51. The van der Waals surface area contributed by atoms with Crippen molar-refractivity contribution in [2.45, 2.75) is 88.4 Å². The molecule has 0 spiro atoms. The summed E-state index contributed by atoms with van der Waals surface area (Å²) in [7, 11) is -4.76. The molecular formula is C26H34N3O4P. The van der Waals surface area contributed by atoms with Gasteiger partial charge in [0.2, 0.25) is 5.44 Å². The van der Waals surface area contributed by atoms with Crippen molar-refractivity contribution >= 4 is 24.1 Å². The predicted octanol–water partition coefficient (Wildman–Crippen LogP) is 3.58. The van der Waals surface area contributed by atoms with E-state index in [0.717, 1.165) is 49.4 Å². The number of para-hydroxylation sites is 2. The Balaban J connectivity index is 1.24. The summed E-state index contributed by atoms with van der Waals surface area (Å²) >= 11 is 0. The molecule has 3 aliphatic carbocycles. The zero-order valence-electron chi connectivity index (χ0n) is 19.5. The second-order valence-corrected chi connectivity index (χ2v) is 13.3. The molecule has 0 radical (unpaired) electrons. The topological polar surface area (TPSA) is 95.7 Å². The summed E-state index contributed by atoms with van der Waals surface area (Å²) in [4.78, 5) is 40.1. The van der Waals surface area contributed by atoms with Gasteiger partial charge in [0.15, 0.2) is 0 Å². The first-order chi connectivity index (χ1) is 16.4. The number of aromatic nitrogens is 2. The van der Waals surface area contributed by atoms with E-state index in [1.165, 1.54) is 38.5 Å². The Morgan fingerprint density at radius 3 is 2.35 bits per heavy atom. The Labute approximate surface area is 199 Å². The SMILES string of the molecule is O=c1c(P(=O)(O)O)nc2ccccc2n1C1CC2CCCC(C1)N2C1CC2CC3CC(C1)C3C2. The maximum atomic E-state index is 13.4. The summed E-state index contributed by atoms with van der Waals surface area (Å²) < 4.78 is 13.8. The molecule has 7 atom stereocenters. The average Bonchev–Trinajstić information content (AvgIpc) is 3.00. The van der Waals surface area contributed by atoms with E-state index < -0.39 is 18.6 Å². The van der Waals surface area contributed by atoms with Crippen LogP contribution in [0.5, 0.6) is 0 Å². The summed E-state index contributed by atoms with van der Waals surface area (Å²) in [5, 5.41) is 0. The molecule has 1 aromatic heterocycles. The third-order valence-corrected chi connectivity index (χ3v) is 10.9. The number of rotatable bonds is 3. The second kappa shape index (κ2) is 7.73. The van der Waals surface area contributed by atoms with Gasteiger partial charge in [0.25, 0.3) is 5.56 Å². The molecule has 2 saturated heterocycles. The molecule has 5 fully saturated rings. The highest BCUT2D eigenvalue weighted by Crippen LogP contribution is 2.59. The molecule has 1 aromatic carbocycles. The minimum atomic E-state index is -4.76. The summed E-state index contributed by atoms with van der Waals surface area (Å²) in [6, 6.07) is 8.81. The molecule has 7 nitrogen and oxygen atoms in total. The first-order valence-electron chi connectivity index (χ1n) is 13.2. The predicted molar refractivity (Wildman–Crippen MR) is 130 cm³/mol. The number of benzene rings is 1. The normalized spacial score (nSPS) is 39.6. The Hall–Kier alpha value is -1.53. The molecule has 4 bridgehead atoms. The van der Waals surface area contributed by atoms with Gasteiger partial charge in [-0.3, -0.25) is 14.3 Å². The summed E-state index contributed by atoms with van der Waals surface area (Å²) in [5.41, 5.74) is -0.0604.